The first-order chi connectivity index (χ1) is 17.7. The molecule has 1 aliphatic rings. The lowest BCUT2D eigenvalue weighted by molar-refractivity contribution is -0.274. The third-order valence-electron chi connectivity index (χ3n) is 6.39. The lowest BCUT2D eigenvalue weighted by Crippen LogP contribution is -2.46. The van der Waals surface area contributed by atoms with Crippen LogP contribution in [0.15, 0.2) is 54.6 Å². The van der Waals surface area contributed by atoms with E-state index in [2.05, 4.69) is 0 Å². The Balaban J connectivity index is 1.67. The number of nitrogens with zero attached hydrogens (tertiary/aromatic N) is 1. The largest absolute Gasteiger partial charge is 0.482 e. The Kier molecular flexibility index (Phi) is 7.26. The topological polar surface area (TPSA) is 96.3 Å². The molecular weight excluding hydrogens is 550 g/mol. The summed E-state index contributed by atoms with van der Waals surface area (Å²) in [4.78, 5) is 24.2. The van der Waals surface area contributed by atoms with Crippen LogP contribution in [0.3, 0.4) is 0 Å². The normalized spacial score (nSPS) is 15.8. The highest BCUT2D eigenvalue weighted by Gasteiger charge is 2.59. The number of ether oxygens (including phenoxy) is 2. The number of anilines is 1. The summed E-state index contributed by atoms with van der Waals surface area (Å²) in [6.45, 7) is 0.847. The van der Waals surface area contributed by atoms with Gasteiger partial charge in [0, 0.05) is 24.1 Å². The fraction of sp³-hybridized carbons (Fsp3) is 0.231. The summed E-state index contributed by atoms with van der Waals surface area (Å²) >= 11 is 12.3. The van der Waals surface area contributed by atoms with Crippen molar-refractivity contribution in [3.8, 4) is 17.2 Å². The number of carboxylic acid groups (broad SMARTS) is 1. The molecule has 38 heavy (non-hydrogen) atoms. The van der Waals surface area contributed by atoms with Crippen molar-refractivity contribution in [3.05, 3.63) is 81.3 Å². The fourth-order valence-corrected chi connectivity index (χ4v) is 4.78. The predicted octanol–water partition coefficient (Wildman–Crippen LogP) is 6.39. The molecule has 7 nitrogen and oxygen atoms in total. The van der Waals surface area contributed by atoms with Crippen molar-refractivity contribution >= 4 is 40.8 Å². The first-order valence-corrected chi connectivity index (χ1v) is 11.8. The average Bonchev–Trinajstić information content (AvgIpc) is 2.84. The van der Waals surface area contributed by atoms with Gasteiger partial charge in [0.15, 0.2) is 12.2 Å². The number of carboxylic acids is 1. The number of likely N-dealkylation sites (N-methyl/N-ethyl adjacent to an activating group) is 1. The number of aromatic carboxylic acids is 1. The van der Waals surface area contributed by atoms with Crippen LogP contribution in [0, 0.1) is 0 Å². The number of amides is 1. The Labute approximate surface area is 224 Å². The van der Waals surface area contributed by atoms with Crippen molar-refractivity contribution in [2.24, 2.45) is 0 Å². The summed E-state index contributed by atoms with van der Waals surface area (Å²) in [6.07, 6.45) is -5.11. The minimum atomic E-state index is -5.11. The lowest BCUT2D eigenvalue weighted by Gasteiger charge is -2.38. The van der Waals surface area contributed by atoms with Gasteiger partial charge in [-0.2, -0.15) is 13.2 Å². The lowest BCUT2D eigenvalue weighted by atomic mass is 9.77. The van der Waals surface area contributed by atoms with Gasteiger partial charge in [0.05, 0.1) is 16.3 Å². The van der Waals surface area contributed by atoms with E-state index in [4.69, 9.17) is 37.8 Å². The number of hydrogen-bond acceptors (Lipinski definition) is 5. The SMILES string of the molecule is CC(c1ccc(Oc2ccc(C(=O)O)c(Cl)c2)cc1Cl)C(O)(c1ccc2c(c1)OCC(=O)N2C)C(F)(F)F. The van der Waals surface area contributed by atoms with E-state index in [-0.39, 0.29) is 56.6 Å². The standard InChI is InChI=1S/C26H20Cl2F3NO6/c1-13(17-6-4-15(10-19(17)27)38-16-5-7-18(24(34)35)20(28)11-16)25(36,26(29,30)31)14-3-8-21-22(9-14)37-12-23(33)32(21)2/h3-11,13,36H,12H2,1-2H3,(H,34,35). The molecular formula is C26H20Cl2F3NO6. The Morgan fingerprint density at radius 2 is 1.68 bits per heavy atom. The van der Waals surface area contributed by atoms with Gasteiger partial charge in [-0.1, -0.05) is 42.3 Å². The summed E-state index contributed by atoms with van der Waals surface area (Å²) in [5.41, 5.74) is -3.71. The van der Waals surface area contributed by atoms with Crippen molar-refractivity contribution in [3.63, 3.8) is 0 Å². The summed E-state index contributed by atoms with van der Waals surface area (Å²) in [7, 11) is 1.47. The number of carbonyl (C=O) groups is 2. The molecule has 2 atom stereocenters. The maximum atomic E-state index is 14.4. The van der Waals surface area contributed by atoms with E-state index in [0.717, 1.165) is 12.1 Å². The molecule has 200 valence electrons. The van der Waals surface area contributed by atoms with E-state index in [0.29, 0.717) is 0 Å². The highest BCUT2D eigenvalue weighted by molar-refractivity contribution is 6.33. The molecule has 1 amide bonds. The molecule has 0 spiro atoms. The Morgan fingerprint density at radius 1 is 1.05 bits per heavy atom. The van der Waals surface area contributed by atoms with Crippen molar-refractivity contribution in [1.29, 1.82) is 0 Å². The van der Waals surface area contributed by atoms with Gasteiger partial charge in [0.25, 0.3) is 5.91 Å². The average molecular weight is 570 g/mol. The quantitative estimate of drug-likeness (QED) is 0.357. The Bertz CT molecular complexity index is 1430. The second-order valence-corrected chi connectivity index (χ2v) is 9.46. The maximum Gasteiger partial charge on any atom is 0.422 e. The fourth-order valence-electron chi connectivity index (χ4n) is 4.19. The zero-order chi connectivity index (χ0) is 28.0. The van der Waals surface area contributed by atoms with E-state index in [9.17, 15) is 27.9 Å². The smallest absolute Gasteiger partial charge is 0.422 e. The zero-order valence-electron chi connectivity index (χ0n) is 19.8. The van der Waals surface area contributed by atoms with E-state index < -0.39 is 29.2 Å². The number of halogens is 5. The molecule has 0 radical (unpaired) electrons. The van der Waals surface area contributed by atoms with Crippen LogP contribution in [-0.4, -0.2) is 41.9 Å². The molecule has 12 heteroatoms. The summed E-state index contributed by atoms with van der Waals surface area (Å²) in [5, 5.41) is 20.1. The Hall–Kier alpha value is -3.47. The van der Waals surface area contributed by atoms with Crippen LogP contribution in [0.5, 0.6) is 17.2 Å². The molecule has 1 aliphatic heterocycles. The van der Waals surface area contributed by atoms with Crippen molar-refractivity contribution < 1.29 is 42.4 Å². The molecule has 0 aromatic heterocycles. The second kappa shape index (κ2) is 10.0. The minimum Gasteiger partial charge on any atom is -0.482 e. The summed E-state index contributed by atoms with van der Waals surface area (Å²) in [5.74, 6) is -2.79. The predicted molar refractivity (Wildman–Crippen MR) is 134 cm³/mol. The van der Waals surface area contributed by atoms with Gasteiger partial charge in [-0.15, -0.1) is 0 Å². The first-order valence-electron chi connectivity index (χ1n) is 11.1. The maximum absolute atomic E-state index is 14.4. The molecule has 2 unspecified atom stereocenters. The zero-order valence-corrected chi connectivity index (χ0v) is 21.4. The molecule has 3 aromatic carbocycles. The van der Waals surface area contributed by atoms with Gasteiger partial charge in [0.1, 0.15) is 17.2 Å². The van der Waals surface area contributed by atoms with Gasteiger partial charge < -0.3 is 24.6 Å². The van der Waals surface area contributed by atoms with Gasteiger partial charge >= 0.3 is 12.1 Å². The molecule has 4 rings (SSSR count). The van der Waals surface area contributed by atoms with Crippen LogP contribution in [0.1, 0.15) is 34.3 Å². The van der Waals surface area contributed by atoms with Gasteiger partial charge in [-0.05, 0) is 47.5 Å². The molecule has 0 aliphatic carbocycles. The van der Waals surface area contributed by atoms with E-state index >= 15 is 0 Å². The molecule has 1 heterocycles. The number of fused-ring (bicyclic) bond motifs is 1. The highest BCUT2D eigenvalue weighted by atomic mass is 35.5. The van der Waals surface area contributed by atoms with Gasteiger partial charge in [-0.25, -0.2) is 4.79 Å². The summed E-state index contributed by atoms with van der Waals surface area (Å²) in [6, 6.07) is 11.3. The number of rotatable bonds is 6. The third kappa shape index (κ3) is 4.87. The molecule has 2 N–H and O–H groups in total. The van der Waals surface area contributed by atoms with Gasteiger partial charge in [0.2, 0.25) is 0 Å². The van der Waals surface area contributed by atoms with E-state index in [1.807, 2.05) is 0 Å². The van der Waals surface area contributed by atoms with E-state index in [1.54, 1.807) is 0 Å². The molecule has 3 aromatic rings. The van der Waals surface area contributed by atoms with Crippen molar-refractivity contribution in [2.75, 3.05) is 18.6 Å². The Morgan fingerprint density at radius 3 is 2.26 bits per heavy atom. The molecule has 0 fully saturated rings. The minimum absolute atomic E-state index is 0.0102. The summed E-state index contributed by atoms with van der Waals surface area (Å²) < 4.78 is 54.3. The van der Waals surface area contributed by atoms with Crippen LogP contribution >= 0.6 is 23.2 Å². The van der Waals surface area contributed by atoms with Crippen LogP contribution in [0.25, 0.3) is 0 Å². The molecule has 0 saturated heterocycles. The van der Waals surface area contributed by atoms with E-state index in [1.165, 1.54) is 61.3 Å². The number of alkyl halides is 3. The van der Waals surface area contributed by atoms with Crippen molar-refractivity contribution in [2.45, 2.75) is 24.6 Å². The van der Waals surface area contributed by atoms with Crippen LogP contribution < -0.4 is 14.4 Å². The molecule has 0 saturated carbocycles. The highest BCUT2D eigenvalue weighted by Crippen LogP contribution is 2.51. The number of hydrogen-bond donors (Lipinski definition) is 2. The number of carbonyl (C=O) groups excluding carboxylic acids is 1. The number of aliphatic hydroxyl groups is 1. The molecule has 0 bridgehead atoms. The monoisotopic (exact) mass is 569 g/mol. The first kappa shape index (κ1) is 27.6. The number of benzene rings is 3. The van der Waals surface area contributed by atoms with Crippen LogP contribution in [0.4, 0.5) is 18.9 Å². The van der Waals surface area contributed by atoms with Crippen molar-refractivity contribution in [1.82, 2.24) is 0 Å². The third-order valence-corrected chi connectivity index (χ3v) is 7.03. The second-order valence-electron chi connectivity index (χ2n) is 8.64. The van der Waals surface area contributed by atoms with Gasteiger partial charge in [-0.3, -0.25) is 4.79 Å². The van der Waals surface area contributed by atoms with Crippen LogP contribution in [-0.2, 0) is 10.4 Å². The van der Waals surface area contributed by atoms with Crippen LogP contribution in [0.2, 0.25) is 10.0 Å².